The SMILES string of the molecule is COc1cc2c(cc1OC)CN(Cc1cccc(O[C@H](C)CNC(=O)c3cccc(Cl)c3)c1)CC2. The summed E-state index contributed by atoms with van der Waals surface area (Å²) in [5.74, 6) is 2.16. The summed E-state index contributed by atoms with van der Waals surface area (Å²) in [6.07, 6.45) is 0.785. The summed E-state index contributed by atoms with van der Waals surface area (Å²) in [5.41, 5.74) is 4.29. The summed E-state index contributed by atoms with van der Waals surface area (Å²) >= 11 is 5.98. The molecule has 3 aromatic rings. The van der Waals surface area contributed by atoms with Crippen molar-refractivity contribution in [2.45, 2.75) is 32.5 Å². The van der Waals surface area contributed by atoms with Gasteiger partial charge in [0.05, 0.1) is 20.8 Å². The van der Waals surface area contributed by atoms with Gasteiger partial charge >= 0.3 is 0 Å². The van der Waals surface area contributed by atoms with E-state index < -0.39 is 0 Å². The molecule has 1 amide bonds. The van der Waals surface area contributed by atoms with Gasteiger partial charge in [0.2, 0.25) is 0 Å². The van der Waals surface area contributed by atoms with Gasteiger partial charge < -0.3 is 19.5 Å². The van der Waals surface area contributed by atoms with Gasteiger partial charge in [-0.25, -0.2) is 0 Å². The van der Waals surface area contributed by atoms with Gasteiger partial charge in [0.15, 0.2) is 11.5 Å². The normalized spacial score (nSPS) is 14.1. The number of benzene rings is 3. The summed E-state index contributed by atoms with van der Waals surface area (Å²) < 4.78 is 17.0. The van der Waals surface area contributed by atoms with E-state index in [4.69, 9.17) is 25.8 Å². The van der Waals surface area contributed by atoms with Gasteiger partial charge in [-0.15, -0.1) is 0 Å². The molecule has 0 aliphatic carbocycles. The van der Waals surface area contributed by atoms with Crippen molar-refractivity contribution >= 4 is 17.5 Å². The fraction of sp³-hybridized carbons (Fsp3) is 0.321. The zero-order chi connectivity index (χ0) is 24.8. The molecule has 3 aromatic carbocycles. The van der Waals surface area contributed by atoms with Crippen molar-refractivity contribution in [2.24, 2.45) is 0 Å². The van der Waals surface area contributed by atoms with Crippen molar-refractivity contribution in [1.82, 2.24) is 10.2 Å². The van der Waals surface area contributed by atoms with E-state index in [1.807, 2.05) is 19.1 Å². The Balaban J connectivity index is 1.32. The lowest BCUT2D eigenvalue weighted by molar-refractivity contribution is 0.0932. The number of ether oxygens (including phenoxy) is 3. The molecule has 1 aliphatic heterocycles. The Morgan fingerprint density at radius 1 is 1.03 bits per heavy atom. The predicted octanol–water partition coefficient (Wildman–Crippen LogP) is 5.11. The van der Waals surface area contributed by atoms with Crippen LogP contribution in [0.4, 0.5) is 0 Å². The third-order valence-electron chi connectivity index (χ3n) is 6.08. The standard InChI is InChI=1S/C28H31ClN2O4/c1-19(16-30-28(32)22-7-5-8-24(29)13-22)35-25-9-4-6-20(12-25)17-31-11-10-21-14-26(33-2)27(34-3)15-23(21)18-31/h4-9,12-15,19H,10-11,16-18H2,1-3H3,(H,30,32)/t19-/m1/s1. The maximum Gasteiger partial charge on any atom is 0.251 e. The molecule has 0 unspecified atom stereocenters. The van der Waals surface area contributed by atoms with Gasteiger partial charge in [0.1, 0.15) is 11.9 Å². The van der Waals surface area contributed by atoms with Crippen LogP contribution in [0.15, 0.2) is 60.7 Å². The number of nitrogens with zero attached hydrogens (tertiary/aromatic N) is 1. The van der Waals surface area contributed by atoms with Crippen molar-refractivity contribution in [1.29, 1.82) is 0 Å². The van der Waals surface area contributed by atoms with E-state index in [0.717, 1.165) is 43.3 Å². The largest absolute Gasteiger partial charge is 0.493 e. The molecule has 0 saturated heterocycles. The first-order valence-electron chi connectivity index (χ1n) is 11.7. The summed E-state index contributed by atoms with van der Waals surface area (Å²) in [6.45, 7) is 4.98. The highest BCUT2D eigenvalue weighted by atomic mass is 35.5. The Bertz CT molecular complexity index is 1180. The van der Waals surface area contributed by atoms with Crippen LogP contribution >= 0.6 is 11.6 Å². The van der Waals surface area contributed by atoms with Crippen molar-refractivity contribution in [2.75, 3.05) is 27.3 Å². The molecule has 1 N–H and O–H groups in total. The number of rotatable bonds is 9. The van der Waals surface area contributed by atoms with Gasteiger partial charge in [-0.05, 0) is 72.5 Å². The smallest absolute Gasteiger partial charge is 0.251 e. The lowest BCUT2D eigenvalue weighted by atomic mass is 9.98. The lowest BCUT2D eigenvalue weighted by Gasteiger charge is -2.29. The van der Waals surface area contributed by atoms with Crippen molar-refractivity contribution in [3.63, 3.8) is 0 Å². The van der Waals surface area contributed by atoms with Crippen molar-refractivity contribution < 1.29 is 19.0 Å². The molecule has 7 heteroatoms. The van der Waals surface area contributed by atoms with Crippen LogP contribution in [0.3, 0.4) is 0 Å². The van der Waals surface area contributed by atoms with Gasteiger partial charge in [0, 0.05) is 30.2 Å². The molecule has 6 nitrogen and oxygen atoms in total. The number of carbonyl (C=O) groups is 1. The van der Waals surface area contributed by atoms with E-state index in [1.165, 1.54) is 16.7 Å². The summed E-state index contributed by atoms with van der Waals surface area (Å²) in [4.78, 5) is 14.8. The number of carbonyl (C=O) groups excluding carboxylic acids is 1. The average molecular weight is 495 g/mol. The maximum absolute atomic E-state index is 12.3. The number of hydrogen-bond donors (Lipinski definition) is 1. The quantitative estimate of drug-likeness (QED) is 0.448. The molecule has 184 valence electrons. The van der Waals surface area contributed by atoms with Crippen LogP contribution in [-0.2, 0) is 19.5 Å². The molecule has 35 heavy (non-hydrogen) atoms. The molecule has 0 bridgehead atoms. The Morgan fingerprint density at radius 2 is 1.77 bits per heavy atom. The third-order valence-corrected chi connectivity index (χ3v) is 6.31. The van der Waals surface area contributed by atoms with Crippen LogP contribution in [0.1, 0.15) is 34.0 Å². The van der Waals surface area contributed by atoms with Gasteiger partial charge in [0.25, 0.3) is 5.91 Å². The molecule has 0 aromatic heterocycles. The first-order chi connectivity index (χ1) is 16.9. The number of amides is 1. The second-order valence-corrected chi connectivity index (χ2v) is 9.17. The predicted molar refractivity (Wildman–Crippen MR) is 138 cm³/mol. The average Bonchev–Trinajstić information content (AvgIpc) is 2.86. The summed E-state index contributed by atoms with van der Waals surface area (Å²) in [5, 5.41) is 3.44. The topological polar surface area (TPSA) is 60.0 Å². The first-order valence-corrected chi connectivity index (χ1v) is 12.1. The Kier molecular flexibility index (Phi) is 8.16. The summed E-state index contributed by atoms with van der Waals surface area (Å²) in [6, 6.07) is 19.2. The fourth-order valence-electron chi connectivity index (χ4n) is 4.29. The molecule has 0 fully saturated rings. The van der Waals surface area contributed by atoms with Gasteiger partial charge in [-0.3, -0.25) is 9.69 Å². The van der Waals surface area contributed by atoms with Crippen LogP contribution in [-0.4, -0.2) is 44.2 Å². The van der Waals surface area contributed by atoms with E-state index in [2.05, 4.69) is 34.5 Å². The van der Waals surface area contributed by atoms with Crippen LogP contribution in [0, 0.1) is 0 Å². The van der Waals surface area contributed by atoms with Crippen LogP contribution < -0.4 is 19.5 Å². The minimum Gasteiger partial charge on any atom is -0.493 e. The lowest BCUT2D eigenvalue weighted by Crippen LogP contribution is -2.33. The molecular formula is C28H31ClN2O4. The first kappa shape index (κ1) is 24.9. The molecule has 0 radical (unpaired) electrons. The minimum absolute atomic E-state index is 0.170. The van der Waals surface area contributed by atoms with Crippen LogP contribution in [0.25, 0.3) is 0 Å². The van der Waals surface area contributed by atoms with E-state index >= 15 is 0 Å². The molecule has 4 rings (SSSR count). The Morgan fingerprint density at radius 3 is 2.51 bits per heavy atom. The van der Waals surface area contributed by atoms with E-state index in [-0.39, 0.29) is 12.0 Å². The number of fused-ring (bicyclic) bond motifs is 1. The van der Waals surface area contributed by atoms with Gasteiger partial charge in [-0.2, -0.15) is 0 Å². The second kappa shape index (κ2) is 11.5. The van der Waals surface area contributed by atoms with Crippen LogP contribution in [0.5, 0.6) is 17.2 Å². The Hall–Kier alpha value is -3.22. The highest BCUT2D eigenvalue weighted by molar-refractivity contribution is 6.30. The van der Waals surface area contributed by atoms with Gasteiger partial charge in [-0.1, -0.05) is 29.8 Å². The van der Waals surface area contributed by atoms with E-state index in [9.17, 15) is 4.79 Å². The number of nitrogens with one attached hydrogen (secondary N) is 1. The number of methoxy groups -OCH3 is 2. The zero-order valence-corrected chi connectivity index (χ0v) is 21.1. The van der Waals surface area contributed by atoms with E-state index in [0.29, 0.717) is 17.1 Å². The molecule has 0 saturated carbocycles. The highest BCUT2D eigenvalue weighted by Gasteiger charge is 2.20. The molecular weight excluding hydrogens is 464 g/mol. The zero-order valence-electron chi connectivity index (χ0n) is 20.3. The minimum atomic E-state index is -0.183. The highest BCUT2D eigenvalue weighted by Crippen LogP contribution is 2.33. The molecule has 0 spiro atoms. The second-order valence-electron chi connectivity index (χ2n) is 8.73. The van der Waals surface area contributed by atoms with Crippen molar-refractivity contribution in [3.8, 4) is 17.2 Å². The van der Waals surface area contributed by atoms with Crippen LogP contribution in [0.2, 0.25) is 5.02 Å². The molecule has 1 aliphatic rings. The van der Waals surface area contributed by atoms with E-state index in [1.54, 1.807) is 38.5 Å². The van der Waals surface area contributed by atoms with Crippen molar-refractivity contribution in [3.05, 3.63) is 87.9 Å². The molecule has 1 atom stereocenters. The fourth-order valence-corrected chi connectivity index (χ4v) is 4.48. The third kappa shape index (κ3) is 6.47. The summed E-state index contributed by atoms with van der Waals surface area (Å²) in [7, 11) is 3.34. The molecule has 1 heterocycles. The number of halogens is 1. The number of hydrogen-bond acceptors (Lipinski definition) is 5. The monoisotopic (exact) mass is 494 g/mol. The Labute approximate surface area is 211 Å². The maximum atomic E-state index is 12.3.